The van der Waals surface area contributed by atoms with Crippen LogP contribution in [0.4, 0.5) is 0 Å². The Balaban J connectivity index is 2.07. The molecule has 0 bridgehead atoms. The van der Waals surface area contributed by atoms with Crippen LogP contribution in [0, 0.1) is 0 Å². The molecule has 0 amide bonds. The summed E-state index contributed by atoms with van der Waals surface area (Å²) in [6.07, 6.45) is 2.62. The van der Waals surface area contributed by atoms with Gasteiger partial charge < -0.3 is 10.6 Å². The maximum atomic E-state index is 6.01. The van der Waals surface area contributed by atoms with E-state index >= 15 is 0 Å². The lowest BCUT2D eigenvalue weighted by Crippen LogP contribution is -2.40. The zero-order chi connectivity index (χ0) is 13.8. The van der Waals surface area contributed by atoms with Crippen LogP contribution >= 0.6 is 15.9 Å². The molecule has 1 heterocycles. The Morgan fingerprint density at radius 2 is 2.21 bits per heavy atom. The molecule has 2 unspecified atom stereocenters. The number of hydrogen-bond acceptors (Lipinski definition) is 3. The summed E-state index contributed by atoms with van der Waals surface area (Å²) in [6.45, 7) is 2.95. The number of hydrogen-bond donors (Lipinski definition) is 1. The van der Waals surface area contributed by atoms with Crippen LogP contribution in [-0.2, 0) is 0 Å². The van der Waals surface area contributed by atoms with Gasteiger partial charge in [-0.2, -0.15) is 0 Å². The van der Waals surface area contributed by atoms with Gasteiger partial charge in [-0.15, -0.1) is 0 Å². The molecule has 0 aromatic heterocycles. The van der Waals surface area contributed by atoms with Crippen LogP contribution in [0.1, 0.15) is 24.4 Å². The first-order valence-corrected chi connectivity index (χ1v) is 7.77. The molecule has 106 valence electrons. The molecule has 4 heteroatoms. The van der Waals surface area contributed by atoms with E-state index in [9.17, 15) is 0 Å². The van der Waals surface area contributed by atoms with Crippen molar-refractivity contribution in [3.8, 4) is 0 Å². The number of halogens is 1. The van der Waals surface area contributed by atoms with E-state index in [2.05, 4.69) is 58.0 Å². The van der Waals surface area contributed by atoms with Crippen molar-refractivity contribution in [1.29, 1.82) is 0 Å². The molecule has 1 aromatic rings. The standard InChI is InChI=1S/C15H24BrN3/c1-18-9-5-6-12(18)11-19(2)15(10-17)13-7-3-4-8-14(13)16/h3-4,7-8,12,15H,5-6,9-11,17H2,1-2H3. The van der Waals surface area contributed by atoms with Gasteiger partial charge in [0, 0.05) is 29.6 Å². The van der Waals surface area contributed by atoms with E-state index in [0.29, 0.717) is 12.6 Å². The van der Waals surface area contributed by atoms with Crippen LogP contribution in [0.15, 0.2) is 28.7 Å². The van der Waals surface area contributed by atoms with Crippen LogP contribution in [0.5, 0.6) is 0 Å². The van der Waals surface area contributed by atoms with Gasteiger partial charge >= 0.3 is 0 Å². The second kappa shape index (κ2) is 6.84. The molecular weight excluding hydrogens is 302 g/mol. The highest BCUT2D eigenvalue weighted by molar-refractivity contribution is 9.10. The van der Waals surface area contributed by atoms with Gasteiger partial charge in [-0.1, -0.05) is 34.1 Å². The summed E-state index contributed by atoms with van der Waals surface area (Å²) in [4.78, 5) is 4.86. The zero-order valence-corrected chi connectivity index (χ0v) is 13.4. The second-order valence-corrected chi connectivity index (χ2v) is 6.34. The fourth-order valence-corrected chi connectivity index (χ4v) is 3.51. The van der Waals surface area contributed by atoms with Gasteiger partial charge in [-0.3, -0.25) is 4.90 Å². The summed E-state index contributed by atoms with van der Waals surface area (Å²) >= 11 is 3.64. The summed E-state index contributed by atoms with van der Waals surface area (Å²) in [6, 6.07) is 9.33. The fraction of sp³-hybridized carbons (Fsp3) is 0.600. The van der Waals surface area contributed by atoms with E-state index in [-0.39, 0.29) is 6.04 Å². The predicted octanol–water partition coefficient (Wildman–Crippen LogP) is 2.47. The largest absolute Gasteiger partial charge is 0.329 e. The maximum Gasteiger partial charge on any atom is 0.0479 e. The average Bonchev–Trinajstić information content (AvgIpc) is 2.78. The molecule has 0 radical (unpaired) electrons. The van der Waals surface area contributed by atoms with Crippen LogP contribution in [0.25, 0.3) is 0 Å². The van der Waals surface area contributed by atoms with Crippen LogP contribution in [0.3, 0.4) is 0 Å². The lowest BCUT2D eigenvalue weighted by atomic mass is 10.0. The Bertz CT molecular complexity index is 410. The molecule has 0 saturated carbocycles. The monoisotopic (exact) mass is 325 g/mol. The molecule has 19 heavy (non-hydrogen) atoms. The van der Waals surface area contributed by atoms with E-state index < -0.39 is 0 Å². The third-order valence-corrected chi connectivity index (χ3v) is 4.91. The van der Waals surface area contributed by atoms with Crippen LogP contribution in [-0.4, -0.2) is 49.6 Å². The topological polar surface area (TPSA) is 32.5 Å². The predicted molar refractivity (Wildman–Crippen MR) is 84.2 cm³/mol. The summed E-state index contributed by atoms with van der Waals surface area (Å²) in [5.74, 6) is 0. The SMILES string of the molecule is CN1CCCC1CN(C)C(CN)c1ccccc1Br. The fourth-order valence-electron chi connectivity index (χ4n) is 2.96. The lowest BCUT2D eigenvalue weighted by molar-refractivity contribution is 0.179. The molecule has 1 aromatic carbocycles. The second-order valence-electron chi connectivity index (χ2n) is 5.49. The third-order valence-electron chi connectivity index (χ3n) is 4.19. The molecule has 3 nitrogen and oxygen atoms in total. The highest BCUT2D eigenvalue weighted by Crippen LogP contribution is 2.27. The molecule has 1 saturated heterocycles. The quantitative estimate of drug-likeness (QED) is 0.902. The van der Waals surface area contributed by atoms with Crippen molar-refractivity contribution in [3.05, 3.63) is 34.3 Å². The number of benzene rings is 1. The summed E-state index contributed by atoms with van der Waals surface area (Å²) in [5.41, 5.74) is 7.29. The Morgan fingerprint density at radius 1 is 1.47 bits per heavy atom. The summed E-state index contributed by atoms with van der Waals surface area (Å²) < 4.78 is 1.15. The number of rotatable bonds is 5. The van der Waals surface area contributed by atoms with Gasteiger partial charge in [0.25, 0.3) is 0 Å². The molecule has 2 N–H and O–H groups in total. The number of likely N-dealkylation sites (N-methyl/N-ethyl adjacent to an activating group) is 2. The van der Waals surface area contributed by atoms with Crippen molar-refractivity contribution >= 4 is 15.9 Å². The van der Waals surface area contributed by atoms with Gasteiger partial charge in [0.2, 0.25) is 0 Å². The minimum absolute atomic E-state index is 0.282. The Kier molecular flexibility index (Phi) is 5.39. The van der Waals surface area contributed by atoms with Gasteiger partial charge in [-0.05, 0) is 45.1 Å². The minimum Gasteiger partial charge on any atom is -0.329 e. The third kappa shape index (κ3) is 3.57. The van der Waals surface area contributed by atoms with E-state index in [1.807, 2.05) is 6.07 Å². The van der Waals surface area contributed by atoms with Crippen molar-refractivity contribution in [2.75, 3.05) is 33.7 Å². The summed E-state index contributed by atoms with van der Waals surface area (Å²) in [5, 5.41) is 0. The highest BCUT2D eigenvalue weighted by atomic mass is 79.9. The van der Waals surface area contributed by atoms with E-state index in [1.54, 1.807) is 0 Å². The molecule has 1 aliphatic heterocycles. The smallest absolute Gasteiger partial charge is 0.0479 e. The van der Waals surface area contributed by atoms with Gasteiger partial charge in [0.1, 0.15) is 0 Å². The Hall–Kier alpha value is -0.420. The van der Waals surface area contributed by atoms with Crippen molar-refractivity contribution in [2.24, 2.45) is 5.73 Å². The number of nitrogens with zero attached hydrogens (tertiary/aromatic N) is 2. The van der Waals surface area contributed by atoms with Gasteiger partial charge in [0.05, 0.1) is 0 Å². The molecule has 0 aliphatic carbocycles. The van der Waals surface area contributed by atoms with Crippen molar-refractivity contribution in [2.45, 2.75) is 24.9 Å². The van der Waals surface area contributed by atoms with Crippen molar-refractivity contribution < 1.29 is 0 Å². The Labute approximate surface area is 124 Å². The lowest BCUT2D eigenvalue weighted by Gasteiger charge is -2.32. The van der Waals surface area contributed by atoms with Crippen molar-refractivity contribution in [3.63, 3.8) is 0 Å². The van der Waals surface area contributed by atoms with Gasteiger partial charge in [0.15, 0.2) is 0 Å². The molecule has 0 spiro atoms. The minimum atomic E-state index is 0.282. The first kappa shape index (κ1) is 15.0. The first-order chi connectivity index (χ1) is 9.13. The molecular formula is C15H24BrN3. The normalized spacial score (nSPS) is 22.1. The van der Waals surface area contributed by atoms with E-state index in [4.69, 9.17) is 5.73 Å². The van der Waals surface area contributed by atoms with Crippen LogP contribution in [0.2, 0.25) is 0 Å². The molecule has 1 fully saturated rings. The Morgan fingerprint density at radius 3 is 2.79 bits per heavy atom. The average molecular weight is 326 g/mol. The van der Waals surface area contributed by atoms with Crippen molar-refractivity contribution in [1.82, 2.24) is 9.80 Å². The highest BCUT2D eigenvalue weighted by Gasteiger charge is 2.25. The van der Waals surface area contributed by atoms with E-state index in [0.717, 1.165) is 11.0 Å². The maximum absolute atomic E-state index is 6.01. The first-order valence-electron chi connectivity index (χ1n) is 6.98. The van der Waals surface area contributed by atoms with Gasteiger partial charge in [-0.25, -0.2) is 0 Å². The summed E-state index contributed by atoms with van der Waals surface area (Å²) in [7, 11) is 4.41. The molecule has 2 atom stereocenters. The van der Waals surface area contributed by atoms with Crippen LogP contribution < -0.4 is 5.73 Å². The molecule has 1 aliphatic rings. The number of likely N-dealkylation sites (tertiary alicyclic amines) is 1. The molecule has 2 rings (SSSR count). The zero-order valence-electron chi connectivity index (χ0n) is 11.8. The van der Waals surface area contributed by atoms with E-state index in [1.165, 1.54) is 24.9 Å². The number of nitrogens with two attached hydrogens (primary N) is 1.